The standard InChI is InChI=1S/C13H16FN3O5S2/c1-10-9-13(16-22-10)17(23(2,18)19)8-7-15-24(20,21)12-5-3-11(14)4-6-12/h3-6,9,15H,7-8H2,1-2H3. The van der Waals surface area contributed by atoms with Crippen molar-refractivity contribution in [1.82, 2.24) is 9.88 Å². The molecule has 8 nitrogen and oxygen atoms in total. The number of anilines is 1. The van der Waals surface area contributed by atoms with E-state index in [1.165, 1.54) is 6.07 Å². The first kappa shape index (κ1) is 18.4. The summed E-state index contributed by atoms with van der Waals surface area (Å²) in [4.78, 5) is -0.118. The highest BCUT2D eigenvalue weighted by molar-refractivity contribution is 7.92. The van der Waals surface area contributed by atoms with Gasteiger partial charge in [0.25, 0.3) is 0 Å². The zero-order chi connectivity index (χ0) is 18.0. The highest BCUT2D eigenvalue weighted by Crippen LogP contribution is 2.16. The second kappa shape index (κ2) is 6.87. The summed E-state index contributed by atoms with van der Waals surface area (Å²) in [5, 5.41) is 3.62. The number of rotatable bonds is 7. The summed E-state index contributed by atoms with van der Waals surface area (Å²) in [6.45, 7) is 1.23. The van der Waals surface area contributed by atoms with Gasteiger partial charge in [0.15, 0.2) is 5.82 Å². The van der Waals surface area contributed by atoms with Crippen molar-refractivity contribution in [2.24, 2.45) is 0 Å². The molecule has 1 aromatic carbocycles. The molecule has 0 unspecified atom stereocenters. The second-order valence-corrected chi connectivity index (χ2v) is 8.66. The van der Waals surface area contributed by atoms with Crippen molar-refractivity contribution in [2.75, 3.05) is 23.7 Å². The lowest BCUT2D eigenvalue weighted by molar-refractivity contribution is 0.398. The van der Waals surface area contributed by atoms with Crippen LogP contribution in [0.25, 0.3) is 0 Å². The number of aryl methyl sites for hydroxylation is 1. The van der Waals surface area contributed by atoms with Crippen LogP contribution in [-0.4, -0.2) is 41.3 Å². The molecule has 0 aliphatic carbocycles. The van der Waals surface area contributed by atoms with Crippen LogP contribution in [0.1, 0.15) is 5.76 Å². The molecule has 0 atom stereocenters. The third-order valence-corrected chi connectivity index (χ3v) is 5.65. The van der Waals surface area contributed by atoms with Gasteiger partial charge < -0.3 is 4.52 Å². The summed E-state index contributed by atoms with van der Waals surface area (Å²) in [5.74, 6) is -0.0693. The molecule has 0 aliphatic heterocycles. The quantitative estimate of drug-likeness (QED) is 0.767. The molecule has 11 heteroatoms. The summed E-state index contributed by atoms with van der Waals surface area (Å²) in [6.07, 6.45) is 0.978. The number of benzene rings is 1. The largest absolute Gasteiger partial charge is 0.360 e. The van der Waals surface area contributed by atoms with Crippen LogP contribution >= 0.6 is 0 Å². The predicted molar refractivity (Wildman–Crippen MR) is 85.0 cm³/mol. The molecule has 0 aliphatic rings. The Balaban J connectivity index is 2.09. The van der Waals surface area contributed by atoms with E-state index in [-0.39, 0.29) is 23.8 Å². The molecular weight excluding hydrogens is 361 g/mol. The van der Waals surface area contributed by atoms with E-state index in [9.17, 15) is 21.2 Å². The molecule has 2 rings (SSSR count). The molecule has 1 N–H and O–H groups in total. The molecule has 0 spiro atoms. The SMILES string of the molecule is Cc1cc(N(CCNS(=O)(=O)c2ccc(F)cc2)S(C)(=O)=O)no1. The number of sulfonamides is 2. The maximum Gasteiger partial charge on any atom is 0.240 e. The van der Waals surface area contributed by atoms with E-state index in [1.807, 2.05) is 0 Å². The van der Waals surface area contributed by atoms with Gasteiger partial charge in [-0.1, -0.05) is 5.16 Å². The van der Waals surface area contributed by atoms with Crippen LogP contribution in [0.15, 0.2) is 39.8 Å². The lowest BCUT2D eigenvalue weighted by Crippen LogP contribution is -2.38. The summed E-state index contributed by atoms with van der Waals surface area (Å²) in [5.41, 5.74) is 0. The van der Waals surface area contributed by atoms with E-state index in [1.54, 1.807) is 6.92 Å². The number of hydrogen-bond donors (Lipinski definition) is 1. The fraction of sp³-hybridized carbons (Fsp3) is 0.308. The van der Waals surface area contributed by atoms with Crippen LogP contribution in [0.3, 0.4) is 0 Å². The zero-order valence-corrected chi connectivity index (χ0v) is 14.6. The van der Waals surface area contributed by atoms with Gasteiger partial charge in [-0.25, -0.2) is 30.3 Å². The monoisotopic (exact) mass is 377 g/mol. The maximum atomic E-state index is 12.8. The molecule has 1 heterocycles. The minimum absolute atomic E-state index is 0.0657. The van der Waals surface area contributed by atoms with E-state index >= 15 is 0 Å². The molecular formula is C13H16FN3O5S2. The predicted octanol–water partition coefficient (Wildman–Crippen LogP) is 0.867. The summed E-state index contributed by atoms with van der Waals surface area (Å²) >= 11 is 0. The van der Waals surface area contributed by atoms with Crippen LogP contribution in [0, 0.1) is 12.7 Å². The zero-order valence-electron chi connectivity index (χ0n) is 12.9. The Bertz CT molecular complexity index is 907. The van der Waals surface area contributed by atoms with Gasteiger partial charge in [0.1, 0.15) is 11.6 Å². The Morgan fingerprint density at radius 1 is 1.21 bits per heavy atom. The normalized spacial score (nSPS) is 12.3. The number of hydrogen-bond acceptors (Lipinski definition) is 6. The smallest absolute Gasteiger partial charge is 0.240 e. The van der Waals surface area contributed by atoms with Crippen LogP contribution in [0.4, 0.5) is 10.2 Å². The molecule has 0 radical (unpaired) electrons. The van der Waals surface area contributed by atoms with Crippen molar-refractivity contribution in [3.63, 3.8) is 0 Å². The Kier molecular flexibility index (Phi) is 5.26. The van der Waals surface area contributed by atoms with Gasteiger partial charge in [-0.05, 0) is 31.2 Å². The van der Waals surface area contributed by atoms with Crippen molar-refractivity contribution >= 4 is 25.9 Å². The van der Waals surface area contributed by atoms with Gasteiger partial charge in [-0.2, -0.15) is 0 Å². The van der Waals surface area contributed by atoms with E-state index < -0.39 is 25.9 Å². The van der Waals surface area contributed by atoms with E-state index in [0.717, 1.165) is 34.8 Å². The summed E-state index contributed by atoms with van der Waals surface area (Å²) < 4.78 is 68.7. The van der Waals surface area contributed by atoms with Crippen LogP contribution < -0.4 is 9.03 Å². The Morgan fingerprint density at radius 2 is 1.83 bits per heavy atom. The summed E-state index contributed by atoms with van der Waals surface area (Å²) in [6, 6.07) is 5.71. The lowest BCUT2D eigenvalue weighted by Gasteiger charge is -2.19. The van der Waals surface area contributed by atoms with Gasteiger partial charge >= 0.3 is 0 Å². The molecule has 132 valence electrons. The first-order chi connectivity index (χ1) is 11.1. The van der Waals surface area contributed by atoms with E-state index in [2.05, 4.69) is 9.88 Å². The summed E-state index contributed by atoms with van der Waals surface area (Å²) in [7, 11) is -7.54. The van der Waals surface area contributed by atoms with Crippen molar-refractivity contribution < 1.29 is 25.7 Å². The highest BCUT2D eigenvalue weighted by Gasteiger charge is 2.22. The third-order valence-electron chi connectivity index (χ3n) is 3.00. The highest BCUT2D eigenvalue weighted by atomic mass is 32.2. The third kappa shape index (κ3) is 4.52. The molecule has 0 saturated heterocycles. The first-order valence-electron chi connectivity index (χ1n) is 6.76. The topological polar surface area (TPSA) is 110 Å². The first-order valence-corrected chi connectivity index (χ1v) is 10.1. The van der Waals surface area contributed by atoms with Crippen molar-refractivity contribution in [3.8, 4) is 0 Å². The average Bonchev–Trinajstić information content (AvgIpc) is 2.89. The van der Waals surface area contributed by atoms with Gasteiger partial charge in [-0.3, -0.25) is 0 Å². The molecule has 0 fully saturated rings. The van der Waals surface area contributed by atoms with Gasteiger partial charge in [0.05, 0.1) is 11.2 Å². The number of nitrogens with zero attached hydrogens (tertiary/aromatic N) is 2. The molecule has 0 saturated carbocycles. The minimum Gasteiger partial charge on any atom is -0.360 e. The minimum atomic E-state index is -3.88. The lowest BCUT2D eigenvalue weighted by atomic mass is 10.4. The number of halogens is 1. The molecule has 0 amide bonds. The molecule has 24 heavy (non-hydrogen) atoms. The Labute approximate surface area is 139 Å². The fourth-order valence-corrected chi connectivity index (χ4v) is 3.77. The molecule has 2 aromatic rings. The molecule has 0 bridgehead atoms. The van der Waals surface area contributed by atoms with Gasteiger partial charge in [0.2, 0.25) is 20.0 Å². The van der Waals surface area contributed by atoms with E-state index in [0.29, 0.717) is 5.76 Å². The Hall–Kier alpha value is -1.98. The van der Waals surface area contributed by atoms with Crippen molar-refractivity contribution in [1.29, 1.82) is 0 Å². The Morgan fingerprint density at radius 3 is 2.33 bits per heavy atom. The fourth-order valence-electron chi connectivity index (χ4n) is 1.90. The van der Waals surface area contributed by atoms with E-state index in [4.69, 9.17) is 4.52 Å². The van der Waals surface area contributed by atoms with Crippen LogP contribution in [0.2, 0.25) is 0 Å². The number of nitrogens with one attached hydrogen (secondary N) is 1. The van der Waals surface area contributed by atoms with Crippen LogP contribution in [0.5, 0.6) is 0 Å². The molecule has 1 aromatic heterocycles. The average molecular weight is 377 g/mol. The van der Waals surface area contributed by atoms with Gasteiger partial charge in [0, 0.05) is 19.2 Å². The van der Waals surface area contributed by atoms with Crippen LogP contribution in [-0.2, 0) is 20.0 Å². The van der Waals surface area contributed by atoms with Crippen molar-refractivity contribution in [2.45, 2.75) is 11.8 Å². The second-order valence-electron chi connectivity index (χ2n) is 4.98. The van der Waals surface area contributed by atoms with Gasteiger partial charge in [-0.15, -0.1) is 0 Å². The number of aromatic nitrogens is 1. The van der Waals surface area contributed by atoms with Crippen molar-refractivity contribution in [3.05, 3.63) is 41.9 Å². The maximum absolute atomic E-state index is 12.8.